The van der Waals surface area contributed by atoms with Gasteiger partial charge in [-0.15, -0.1) is 0 Å². The molecule has 0 atom stereocenters. The van der Waals surface area contributed by atoms with Crippen LogP contribution >= 0.6 is 0 Å². The summed E-state index contributed by atoms with van der Waals surface area (Å²) >= 11 is 0. The lowest BCUT2D eigenvalue weighted by Crippen LogP contribution is -2.45. The van der Waals surface area contributed by atoms with Gasteiger partial charge in [-0.25, -0.2) is 14.6 Å². The van der Waals surface area contributed by atoms with Crippen molar-refractivity contribution in [3.05, 3.63) is 18.2 Å². The lowest BCUT2D eigenvalue weighted by atomic mass is 10.2. The van der Waals surface area contributed by atoms with E-state index in [4.69, 9.17) is 0 Å². The molecule has 3 rings (SSSR count). The molecule has 1 aliphatic rings. The maximum atomic E-state index is 4.51. The molecule has 3 heterocycles. The number of hydrogen-bond acceptors (Lipinski definition) is 5. The average Bonchev–Trinajstić information content (AvgIpc) is 2.91. The predicted molar refractivity (Wildman–Crippen MR) is 83.3 cm³/mol. The van der Waals surface area contributed by atoms with Gasteiger partial charge >= 0.3 is 0 Å². The molecule has 21 heavy (non-hydrogen) atoms. The van der Waals surface area contributed by atoms with Crippen molar-refractivity contribution in [1.82, 2.24) is 29.5 Å². The highest BCUT2D eigenvalue weighted by molar-refractivity contribution is 5.76. The molecule has 0 spiro atoms. The van der Waals surface area contributed by atoms with Crippen molar-refractivity contribution in [1.29, 1.82) is 0 Å². The molecule has 0 N–H and O–H groups in total. The minimum Gasteiger partial charge on any atom is -0.304 e. The van der Waals surface area contributed by atoms with Crippen LogP contribution in [0.25, 0.3) is 11.0 Å². The van der Waals surface area contributed by atoms with Crippen LogP contribution in [0.15, 0.2) is 12.5 Å². The molecule has 1 fully saturated rings. The van der Waals surface area contributed by atoms with Crippen LogP contribution in [0.2, 0.25) is 0 Å². The SMILES string of the molecule is CCCc1ncnc2c1cnn2CCN1CCN(C)CC1. The van der Waals surface area contributed by atoms with Crippen molar-refractivity contribution in [2.45, 2.75) is 26.3 Å². The van der Waals surface area contributed by atoms with Gasteiger partial charge in [0.15, 0.2) is 5.65 Å². The van der Waals surface area contributed by atoms with E-state index in [2.05, 4.69) is 38.8 Å². The number of piperazine rings is 1. The Bertz CT molecular complexity index is 585. The Labute approximate surface area is 125 Å². The molecule has 6 nitrogen and oxygen atoms in total. The lowest BCUT2D eigenvalue weighted by Gasteiger charge is -2.32. The summed E-state index contributed by atoms with van der Waals surface area (Å²) in [6.07, 6.45) is 5.67. The van der Waals surface area contributed by atoms with E-state index in [0.717, 1.165) is 68.8 Å². The van der Waals surface area contributed by atoms with Crippen LogP contribution in [0.3, 0.4) is 0 Å². The Morgan fingerprint density at radius 1 is 1.10 bits per heavy atom. The molecule has 1 aliphatic heterocycles. The number of aryl methyl sites for hydroxylation is 1. The van der Waals surface area contributed by atoms with E-state index < -0.39 is 0 Å². The van der Waals surface area contributed by atoms with Crippen LogP contribution in [-0.2, 0) is 13.0 Å². The zero-order chi connectivity index (χ0) is 14.7. The van der Waals surface area contributed by atoms with Gasteiger partial charge in [-0.05, 0) is 13.5 Å². The molecular formula is C15H24N6. The quantitative estimate of drug-likeness (QED) is 0.822. The van der Waals surface area contributed by atoms with Crippen molar-refractivity contribution in [3.63, 3.8) is 0 Å². The second-order valence-corrected chi connectivity index (χ2v) is 5.82. The zero-order valence-electron chi connectivity index (χ0n) is 13.0. The second kappa shape index (κ2) is 6.49. The summed E-state index contributed by atoms with van der Waals surface area (Å²) in [5.74, 6) is 0. The van der Waals surface area contributed by atoms with Crippen LogP contribution in [0.1, 0.15) is 19.0 Å². The molecule has 0 radical (unpaired) electrons. The second-order valence-electron chi connectivity index (χ2n) is 5.82. The monoisotopic (exact) mass is 288 g/mol. The fraction of sp³-hybridized carbons (Fsp3) is 0.667. The minimum atomic E-state index is 0.899. The van der Waals surface area contributed by atoms with Crippen molar-refractivity contribution < 1.29 is 0 Å². The molecule has 1 saturated heterocycles. The van der Waals surface area contributed by atoms with Crippen molar-refractivity contribution in [2.24, 2.45) is 0 Å². The lowest BCUT2D eigenvalue weighted by molar-refractivity contribution is 0.149. The van der Waals surface area contributed by atoms with Crippen molar-refractivity contribution in [3.8, 4) is 0 Å². The number of rotatable bonds is 5. The predicted octanol–water partition coefficient (Wildman–Crippen LogP) is 1.03. The maximum absolute atomic E-state index is 4.51. The summed E-state index contributed by atoms with van der Waals surface area (Å²) in [5, 5.41) is 5.62. The first kappa shape index (κ1) is 14.4. The van der Waals surface area contributed by atoms with Crippen molar-refractivity contribution in [2.75, 3.05) is 39.8 Å². The van der Waals surface area contributed by atoms with Gasteiger partial charge in [-0.1, -0.05) is 13.3 Å². The first-order valence-corrected chi connectivity index (χ1v) is 7.84. The molecule has 6 heteroatoms. The summed E-state index contributed by atoms with van der Waals surface area (Å²) in [5.41, 5.74) is 2.09. The first-order valence-electron chi connectivity index (χ1n) is 7.84. The molecule has 0 aliphatic carbocycles. The van der Waals surface area contributed by atoms with Gasteiger partial charge < -0.3 is 4.90 Å². The van der Waals surface area contributed by atoms with E-state index >= 15 is 0 Å². The largest absolute Gasteiger partial charge is 0.304 e. The van der Waals surface area contributed by atoms with Gasteiger partial charge in [0.2, 0.25) is 0 Å². The maximum Gasteiger partial charge on any atom is 0.161 e. The van der Waals surface area contributed by atoms with E-state index in [1.54, 1.807) is 6.33 Å². The number of nitrogens with zero attached hydrogens (tertiary/aromatic N) is 6. The molecule has 0 unspecified atom stereocenters. The fourth-order valence-corrected chi connectivity index (χ4v) is 2.85. The summed E-state index contributed by atoms with van der Waals surface area (Å²) in [6.45, 7) is 8.71. The molecule has 2 aromatic rings. The minimum absolute atomic E-state index is 0.899. The van der Waals surface area contributed by atoms with E-state index in [9.17, 15) is 0 Å². The Balaban J connectivity index is 1.68. The Morgan fingerprint density at radius 2 is 1.90 bits per heavy atom. The summed E-state index contributed by atoms with van der Waals surface area (Å²) < 4.78 is 2.02. The molecule has 114 valence electrons. The number of aromatic nitrogens is 4. The van der Waals surface area contributed by atoms with E-state index in [1.807, 2.05) is 10.9 Å². The number of hydrogen-bond donors (Lipinski definition) is 0. The van der Waals surface area contributed by atoms with Crippen LogP contribution in [0.4, 0.5) is 0 Å². The van der Waals surface area contributed by atoms with Gasteiger partial charge in [0.05, 0.1) is 23.8 Å². The molecule has 0 saturated carbocycles. The molecule has 2 aromatic heterocycles. The number of fused-ring (bicyclic) bond motifs is 1. The van der Waals surface area contributed by atoms with Crippen molar-refractivity contribution >= 4 is 11.0 Å². The number of likely N-dealkylation sites (N-methyl/N-ethyl adjacent to an activating group) is 1. The molecular weight excluding hydrogens is 264 g/mol. The highest BCUT2D eigenvalue weighted by Gasteiger charge is 2.14. The summed E-state index contributed by atoms with van der Waals surface area (Å²) in [4.78, 5) is 13.7. The van der Waals surface area contributed by atoms with Crippen LogP contribution in [0, 0.1) is 0 Å². The fourth-order valence-electron chi connectivity index (χ4n) is 2.85. The van der Waals surface area contributed by atoms with Gasteiger partial charge in [-0.3, -0.25) is 4.90 Å². The van der Waals surface area contributed by atoms with Crippen LogP contribution in [0.5, 0.6) is 0 Å². The van der Waals surface area contributed by atoms with E-state index in [1.165, 1.54) is 0 Å². The molecule has 0 amide bonds. The Hall–Kier alpha value is -1.53. The van der Waals surface area contributed by atoms with Gasteiger partial charge in [-0.2, -0.15) is 5.10 Å². The summed E-state index contributed by atoms with van der Waals surface area (Å²) in [7, 11) is 2.19. The third kappa shape index (κ3) is 3.22. The van der Waals surface area contributed by atoms with Gasteiger partial charge in [0.25, 0.3) is 0 Å². The highest BCUT2D eigenvalue weighted by Crippen LogP contribution is 2.15. The topological polar surface area (TPSA) is 50.1 Å². The average molecular weight is 288 g/mol. The standard InChI is InChI=1S/C15H24N6/c1-3-4-14-13-11-18-21(15(13)17-12-16-14)10-9-20-7-5-19(2)6-8-20/h11-12H,3-10H2,1-2H3. The molecule has 0 aromatic carbocycles. The normalized spacial score (nSPS) is 17.6. The Kier molecular flexibility index (Phi) is 4.45. The van der Waals surface area contributed by atoms with Crippen LogP contribution < -0.4 is 0 Å². The highest BCUT2D eigenvalue weighted by atomic mass is 15.3. The van der Waals surface area contributed by atoms with Gasteiger partial charge in [0, 0.05) is 32.7 Å². The van der Waals surface area contributed by atoms with Crippen LogP contribution in [-0.4, -0.2) is 69.3 Å². The third-order valence-corrected chi connectivity index (χ3v) is 4.23. The Morgan fingerprint density at radius 3 is 2.67 bits per heavy atom. The third-order valence-electron chi connectivity index (χ3n) is 4.23. The van der Waals surface area contributed by atoms with E-state index in [0.29, 0.717) is 0 Å². The van der Waals surface area contributed by atoms with E-state index in [-0.39, 0.29) is 0 Å². The van der Waals surface area contributed by atoms with Gasteiger partial charge in [0.1, 0.15) is 6.33 Å². The first-order chi connectivity index (χ1) is 10.3. The smallest absolute Gasteiger partial charge is 0.161 e. The summed E-state index contributed by atoms with van der Waals surface area (Å²) in [6, 6.07) is 0. The molecule has 0 bridgehead atoms. The zero-order valence-corrected chi connectivity index (χ0v) is 13.0.